The van der Waals surface area contributed by atoms with E-state index in [0.29, 0.717) is 10.9 Å². The predicted octanol–water partition coefficient (Wildman–Crippen LogP) is 14.1. The quantitative estimate of drug-likeness (QED) is 0.164. The Morgan fingerprint density at radius 2 is 0.882 bits per heavy atom. The second-order valence-corrected chi connectivity index (χ2v) is 11.9. The van der Waals surface area contributed by atoms with Crippen molar-refractivity contribution in [2.45, 2.75) is 0 Å². The first-order chi connectivity index (χ1) is 30.7. The highest BCUT2D eigenvalue weighted by molar-refractivity contribution is 6.04. The average molecular weight is 663 g/mol. The molecule has 240 valence electrons. The molecule has 0 saturated carbocycles. The van der Waals surface area contributed by atoms with Gasteiger partial charge in [0.1, 0.15) is 0 Å². The van der Waals surface area contributed by atoms with Crippen molar-refractivity contribution in [3.63, 3.8) is 0 Å². The van der Waals surface area contributed by atoms with Gasteiger partial charge in [-0.1, -0.05) is 176 Å². The Labute approximate surface area is 317 Å². The molecule has 1 nitrogen and oxygen atoms in total. The van der Waals surface area contributed by atoms with Crippen LogP contribution in [0.2, 0.25) is 0 Å². The third kappa shape index (κ3) is 5.86. The predicted molar refractivity (Wildman–Crippen MR) is 218 cm³/mol. The molecule has 0 fully saturated rings. The molecule has 0 radical (unpaired) electrons. The van der Waals surface area contributed by atoms with E-state index in [4.69, 9.17) is 6.85 Å². The lowest BCUT2D eigenvalue weighted by Gasteiger charge is -2.26. The highest BCUT2D eigenvalue weighted by atomic mass is 15.1. The van der Waals surface area contributed by atoms with E-state index in [1.807, 2.05) is 97.1 Å². The number of rotatable bonds is 7. The molecule has 0 aliphatic heterocycles. The molecule has 0 atom stereocenters. The van der Waals surface area contributed by atoms with Gasteiger partial charge in [0.25, 0.3) is 0 Å². The number of fused-ring (bicyclic) bond motifs is 2. The van der Waals surface area contributed by atoms with Crippen LogP contribution in [0.25, 0.3) is 66.1 Å². The highest BCUT2D eigenvalue weighted by Crippen LogP contribution is 2.41. The van der Waals surface area contributed by atoms with Crippen molar-refractivity contribution < 1.29 is 17.8 Å². The van der Waals surface area contributed by atoms with Gasteiger partial charge in [-0.3, -0.25) is 0 Å². The molecule has 0 heterocycles. The summed E-state index contributed by atoms with van der Waals surface area (Å²) in [7, 11) is 0. The molecule has 0 amide bonds. The summed E-state index contributed by atoms with van der Waals surface area (Å²) >= 11 is 0. The van der Waals surface area contributed by atoms with Crippen LogP contribution in [-0.2, 0) is 0 Å². The zero-order chi connectivity index (χ0) is 45.3. The van der Waals surface area contributed by atoms with Gasteiger partial charge in [-0.15, -0.1) is 0 Å². The van der Waals surface area contributed by atoms with Crippen LogP contribution in [0.4, 0.5) is 17.1 Å². The Balaban J connectivity index is 1.32. The van der Waals surface area contributed by atoms with E-state index in [-0.39, 0.29) is 16.9 Å². The minimum atomic E-state index is -0.734. The van der Waals surface area contributed by atoms with E-state index in [1.165, 1.54) is 4.90 Å². The molecule has 0 aliphatic rings. The summed E-state index contributed by atoms with van der Waals surface area (Å²) in [6.45, 7) is 0. The molecule has 9 aromatic carbocycles. The van der Waals surface area contributed by atoms with Crippen LogP contribution in [0.15, 0.2) is 212 Å². The SMILES string of the molecule is [2H]c1c([2H])c([2H])c(-c2c([2H])c([2H])c(N(c3ccc(-c4c(-c5ccccc5)ccc5ccccc45)cc3)c3c([2H])c([2H])c(-c4cccc5ccccc45)c([2H])c3[2H])c([2H])c2[2H])c([2H])c1[2H]. The monoisotopic (exact) mass is 662 g/mol. The van der Waals surface area contributed by atoms with E-state index in [9.17, 15) is 11.0 Å². The van der Waals surface area contributed by atoms with Gasteiger partial charge < -0.3 is 4.90 Å². The van der Waals surface area contributed by atoms with Gasteiger partial charge >= 0.3 is 0 Å². The summed E-state index contributed by atoms with van der Waals surface area (Å²) in [5.74, 6) is 0. The minimum absolute atomic E-state index is 0.0336. The molecule has 0 spiro atoms. The van der Waals surface area contributed by atoms with Crippen LogP contribution >= 0.6 is 0 Å². The third-order valence-electron chi connectivity index (χ3n) is 8.91. The van der Waals surface area contributed by atoms with E-state index in [0.717, 1.165) is 38.4 Å². The van der Waals surface area contributed by atoms with Crippen LogP contribution in [0.1, 0.15) is 17.8 Å². The van der Waals surface area contributed by atoms with E-state index < -0.39 is 95.4 Å². The summed E-state index contributed by atoms with van der Waals surface area (Å²) in [6.07, 6.45) is 0. The fourth-order valence-corrected chi connectivity index (χ4v) is 6.50. The molecule has 0 aromatic heterocycles. The number of nitrogens with zero attached hydrogens (tertiary/aromatic N) is 1. The number of benzene rings is 9. The lowest BCUT2D eigenvalue weighted by Crippen LogP contribution is -2.09. The Morgan fingerprint density at radius 1 is 0.314 bits per heavy atom. The topological polar surface area (TPSA) is 3.24 Å². The van der Waals surface area contributed by atoms with Crippen LogP contribution < -0.4 is 4.90 Å². The smallest absolute Gasteiger partial charge is 0.0645 e. The maximum atomic E-state index is 9.54. The van der Waals surface area contributed by atoms with Crippen LogP contribution in [0.3, 0.4) is 0 Å². The summed E-state index contributed by atoms with van der Waals surface area (Å²) in [6, 6.07) is 33.4. The van der Waals surface area contributed by atoms with Crippen molar-refractivity contribution in [3.05, 3.63) is 212 Å². The largest absolute Gasteiger partial charge is 0.311 e. The lowest BCUT2D eigenvalue weighted by atomic mass is 9.89. The molecule has 1 heteroatoms. The van der Waals surface area contributed by atoms with Gasteiger partial charge in [-0.05, 0) is 102 Å². The van der Waals surface area contributed by atoms with Gasteiger partial charge in [-0.25, -0.2) is 0 Å². The molecule has 9 rings (SSSR count). The highest BCUT2D eigenvalue weighted by Gasteiger charge is 2.16. The zero-order valence-corrected chi connectivity index (χ0v) is 27.1. The second-order valence-electron chi connectivity index (χ2n) is 11.9. The molecule has 0 aliphatic carbocycles. The van der Waals surface area contributed by atoms with Gasteiger partial charge in [0, 0.05) is 17.1 Å². The maximum absolute atomic E-state index is 9.54. The first-order valence-corrected chi connectivity index (χ1v) is 16.5. The Bertz CT molecular complexity index is 3280. The van der Waals surface area contributed by atoms with Gasteiger partial charge in [0.05, 0.1) is 17.8 Å². The summed E-state index contributed by atoms with van der Waals surface area (Å²) < 4.78 is 117. The first kappa shape index (κ1) is 19.5. The summed E-state index contributed by atoms with van der Waals surface area (Å²) in [5, 5.41) is 3.50. The lowest BCUT2D eigenvalue weighted by molar-refractivity contribution is 1.28. The van der Waals surface area contributed by atoms with E-state index >= 15 is 0 Å². The van der Waals surface area contributed by atoms with Crippen molar-refractivity contribution in [3.8, 4) is 44.5 Å². The standard InChI is InChI=1S/C50H35N/c1-3-12-36(13-4-1)37-22-29-43(30-23-37)51(44-31-24-41(25-32-44)47-21-11-18-38-16-7-9-19-46(38)47)45-33-26-42(27-34-45)50-48-20-10-8-17-40(48)28-35-49(50)39-14-5-2-6-15-39/h1-35H/i1D,3D,4D,12D,13D,22D,23D,24D,25D,29D,30D,31D,32D. The normalized spacial score (nSPS) is 14.7. The van der Waals surface area contributed by atoms with Crippen LogP contribution in [0, 0.1) is 0 Å². The van der Waals surface area contributed by atoms with Crippen molar-refractivity contribution in [1.29, 1.82) is 0 Å². The summed E-state index contributed by atoms with van der Waals surface area (Å²) in [5.41, 5.74) is 2.48. The average Bonchev–Trinajstić information content (AvgIpc) is 3.32. The Hall–Kier alpha value is -6.70. The fourth-order valence-electron chi connectivity index (χ4n) is 6.50. The van der Waals surface area contributed by atoms with Crippen LogP contribution in [-0.4, -0.2) is 0 Å². The first-order valence-electron chi connectivity index (χ1n) is 23.0. The van der Waals surface area contributed by atoms with Gasteiger partial charge in [-0.2, -0.15) is 0 Å². The molecular weight excluding hydrogens is 615 g/mol. The number of hydrogen-bond donors (Lipinski definition) is 0. The van der Waals surface area contributed by atoms with Crippen molar-refractivity contribution in [1.82, 2.24) is 0 Å². The van der Waals surface area contributed by atoms with E-state index in [1.54, 1.807) is 24.3 Å². The molecule has 0 bridgehead atoms. The number of hydrogen-bond acceptors (Lipinski definition) is 1. The van der Waals surface area contributed by atoms with Gasteiger partial charge in [0.2, 0.25) is 0 Å². The van der Waals surface area contributed by atoms with Crippen molar-refractivity contribution in [2.75, 3.05) is 4.90 Å². The summed E-state index contributed by atoms with van der Waals surface area (Å²) in [4.78, 5) is 1.19. The molecule has 9 aromatic rings. The van der Waals surface area contributed by atoms with Gasteiger partial charge in [0.15, 0.2) is 0 Å². The minimum Gasteiger partial charge on any atom is -0.311 e. The molecule has 51 heavy (non-hydrogen) atoms. The fraction of sp³-hybridized carbons (Fsp3) is 0. The second kappa shape index (κ2) is 13.3. The molecule has 0 saturated heterocycles. The number of anilines is 3. The molecule has 0 unspecified atom stereocenters. The van der Waals surface area contributed by atoms with Crippen molar-refractivity contribution >= 4 is 38.6 Å². The Morgan fingerprint density at radius 3 is 1.59 bits per heavy atom. The molecule has 0 N–H and O–H groups in total. The van der Waals surface area contributed by atoms with Crippen LogP contribution in [0.5, 0.6) is 0 Å². The van der Waals surface area contributed by atoms with E-state index in [2.05, 4.69) is 12.1 Å². The zero-order valence-electron chi connectivity index (χ0n) is 40.1. The van der Waals surface area contributed by atoms with Crippen molar-refractivity contribution in [2.24, 2.45) is 0 Å². The Kier molecular flexibility index (Phi) is 5.08. The third-order valence-corrected chi connectivity index (χ3v) is 8.91. The maximum Gasteiger partial charge on any atom is 0.0645 e. The molecular formula is C50H35N.